The molecule has 3 rings (SSSR count). The maximum atomic E-state index is 12.7. The number of hydrogen-bond acceptors (Lipinski definition) is 4. The molecule has 1 unspecified atom stereocenters. The van der Waals surface area contributed by atoms with Gasteiger partial charge < -0.3 is 15.4 Å². The van der Waals surface area contributed by atoms with Crippen LogP contribution >= 0.6 is 0 Å². The van der Waals surface area contributed by atoms with Crippen molar-refractivity contribution in [2.75, 3.05) is 20.2 Å². The van der Waals surface area contributed by atoms with Crippen LogP contribution in [-0.2, 0) is 11.8 Å². The monoisotopic (exact) mass is 328 g/mol. The summed E-state index contributed by atoms with van der Waals surface area (Å²) in [5, 5.41) is 4.37. The van der Waals surface area contributed by atoms with Gasteiger partial charge in [-0.15, -0.1) is 0 Å². The van der Waals surface area contributed by atoms with Crippen LogP contribution in [0, 0.1) is 5.92 Å². The molecule has 1 aliphatic heterocycles. The van der Waals surface area contributed by atoms with Gasteiger partial charge in [-0.1, -0.05) is 0 Å². The Labute approximate surface area is 140 Å². The second-order valence-electron chi connectivity index (χ2n) is 5.93. The molecule has 0 saturated carbocycles. The van der Waals surface area contributed by atoms with Gasteiger partial charge in [0.1, 0.15) is 5.75 Å². The van der Waals surface area contributed by atoms with Crippen molar-refractivity contribution < 1.29 is 14.3 Å². The lowest BCUT2D eigenvalue weighted by Crippen LogP contribution is -2.31. The maximum Gasteiger partial charge on any atom is 0.253 e. The normalized spacial score (nSPS) is 17.1. The molecule has 2 aromatic rings. The largest absolute Gasteiger partial charge is 0.496 e. The quantitative estimate of drug-likeness (QED) is 0.908. The molecule has 1 aromatic carbocycles. The predicted octanol–water partition coefficient (Wildman–Crippen LogP) is 1.04. The van der Waals surface area contributed by atoms with Gasteiger partial charge in [-0.3, -0.25) is 14.3 Å². The first-order chi connectivity index (χ1) is 11.5. The number of amides is 2. The minimum absolute atomic E-state index is 0.112. The summed E-state index contributed by atoms with van der Waals surface area (Å²) < 4.78 is 7.08. The molecule has 2 N–H and O–H groups in total. The van der Waals surface area contributed by atoms with Crippen LogP contribution in [0.15, 0.2) is 30.5 Å². The van der Waals surface area contributed by atoms with Crippen LogP contribution in [0.5, 0.6) is 5.75 Å². The van der Waals surface area contributed by atoms with Gasteiger partial charge in [0, 0.05) is 37.5 Å². The number of nitrogens with two attached hydrogens (primary N) is 1. The van der Waals surface area contributed by atoms with E-state index in [4.69, 9.17) is 10.5 Å². The number of likely N-dealkylation sites (tertiary alicyclic amines) is 1. The molecule has 2 amide bonds. The number of carbonyl (C=O) groups excluding carboxylic acids is 2. The first-order valence-electron chi connectivity index (χ1n) is 7.76. The minimum atomic E-state index is -0.353. The van der Waals surface area contributed by atoms with E-state index >= 15 is 0 Å². The van der Waals surface area contributed by atoms with Crippen LogP contribution in [0.2, 0.25) is 0 Å². The zero-order valence-electron chi connectivity index (χ0n) is 13.7. The summed E-state index contributed by atoms with van der Waals surface area (Å²) in [6.07, 6.45) is 2.45. The number of aromatic nitrogens is 2. The highest BCUT2D eigenvalue weighted by Crippen LogP contribution is 2.30. The van der Waals surface area contributed by atoms with E-state index in [-0.39, 0.29) is 17.7 Å². The van der Waals surface area contributed by atoms with Crippen molar-refractivity contribution >= 4 is 11.8 Å². The van der Waals surface area contributed by atoms with Crippen LogP contribution in [0.4, 0.5) is 0 Å². The van der Waals surface area contributed by atoms with E-state index < -0.39 is 0 Å². The summed E-state index contributed by atoms with van der Waals surface area (Å²) in [6.45, 7) is 0.913. The molecule has 0 bridgehead atoms. The third kappa shape index (κ3) is 2.97. The van der Waals surface area contributed by atoms with Crippen LogP contribution in [0.3, 0.4) is 0 Å². The summed E-state index contributed by atoms with van der Waals surface area (Å²) in [4.78, 5) is 25.7. The Kier molecular flexibility index (Phi) is 4.24. The van der Waals surface area contributed by atoms with E-state index in [0.717, 1.165) is 11.3 Å². The number of carbonyl (C=O) groups is 2. The van der Waals surface area contributed by atoms with E-state index in [2.05, 4.69) is 5.10 Å². The van der Waals surface area contributed by atoms with Crippen molar-refractivity contribution in [2.24, 2.45) is 18.7 Å². The first kappa shape index (κ1) is 16.0. The molecule has 0 aliphatic carbocycles. The first-order valence-corrected chi connectivity index (χ1v) is 7.76. The standard InChI is InChI=1S/C17H20N4O3/c1-20-7-6-14(19-20)13-9-11(3-4-15(13)24-2)17(23)21-8-5-12(10-21)16(18)22/h3-4,6-7,9,12H,5,8,10H2,1-2H3,(H2,18,22). The Morgan fingerprint density at radius 2 is 2.12 bits per heavy atom. The van der Waals surface area contributed by atoms with Crippen molar-refractivity contribution in [1.82, 2.24) is 14.7 Å². The zero-order chi connectivity index (χ0) is 17.3. The van der Waals surface area contributed by atoms with Crippen LogP contribution in [0.1, 0.15) is 16.8 Å². The van der Waals surface area contributed by atoms with Gasteiger partial charge in [0.15, 0.2) is 0 Å². The van der Waals surface area contributed by atoms with Gasteiger partial charge in [0.2, 0.25) is 5.91 Å². The molecule has 1 aromatic heterocycles. The highest BCUT2D eigenvalue weighted by atomic mass is 16.5. The zero-order valence-corrected chi connectivity index (χ0v) is 13.7. The Morgan fingerprint density at radius 3 is 2.71 bits per heavy atom. The molecule has 1 saturated heterocycles. The van der Waals surface area contributed by atoms with E-state index in [1.807, 2.05) is 19.3 Å². The van der Waals surface area contributed by atoms with Gasteiger partial charge in [-0.05, 0) is 30.7 Å². The molecule has 7 nitrogen and oxygen atoms in total. The van der Waals surface area contributed by atoms with Crippen molar-refractivity contribution in [1.29, 1.82) is 0 Å². The van der Waals surface area contributed by atoms with Gasteiger partial charge in [0.05, 0.1) is 18.7 Å². The lowest BCUT2D eigenvalue weighted by Gasteiger charge is -2.17. The number of rotatable bonds is 4. The molecule has 7 heteroatoms. The van der Waals surface area contributed by atoms with Crippen LogP contribution in [-0.4, -0.2) is 46.7 Å². The Morgan fingerprint density at radius 1 is 1.33 bits per heavy atom. The third-order valence-corrected chi connectivity index (χ3v) is 4.31. The Balaban J connectivity index is 1.89. The second kappa shape index (κ2) is 6.35. The molecular weight excluding hydrogens is 308 g/mol. The molecule has 2 heterocycles. The molecule has 0 spiro atoms. The lowest BCUT2D eigenvalue weighted by atomic mass is 10.1. The fourth-order valence-corrected chi connectivity index (χ4v) is 2.96. The summed E-state index contributed by atoms with van der Waals surface area (Å²) in [7, 11) is 3.42. The number of hydrogen-bond donors (Lipinski definition) is 1. The second-order valence-corrected chi connectivity index (χ2v) is 5.93. The summed E-state index contributed by atoms with van der Waals surface area (Å²) in [5.41, 5.74) is 7.37. The fourth-order valence-electron chi connectivity index (χ4n) is 2.96. The van der Waals surface area contributed by atoms with Gasteiger partial charge >= 0.3 is 0 Å². The summed E-state index contributed by atoms with van der Waals surface area (Å²) in [6, 6.07) is 7.14. The topological polar surface area (TPSA) is 90.5 Å². The van der Waals surface area contributed by atoms with Gasteiger partial charge in [-0.25, -0.2) is 0 Å². The smallest absolute Gasteiger partial charge is 0.253 e. The van der Waals surface area contributed by atoms with Crippen molar-refractivity contribution in [3.63, 3.8) is 0 Å². The number of ether oxygens (including phenoxy) is 1. The van der Waals surface area contributed by atoms with E-state index in [1.165, 1.54) is 0 Å². The highest BCUT2D eigenvalue weighted by Gasteiger charge is 2.30. The molecule has 1 aliphatic rings. The Hall–Kier alpha value is -2.83. The average Bonchev–Trinajstić information content (AvgIpc) is 3.22. The maximum absolute atomic E-state index is 12.7. The van der Waals surface area contributed by atoms with Crippen molar-refractivity contribution in [3.8, 4) is 17.0 Å². The fraction of sp³-hybridized carbons (Fsp3) is 0.353. The van der Waals surface area contributed by atoms with E-state index in [0.29, 0.717) is 30.8 Å². The molecule has 1 fully saturated rings. The Bertz CT molecular complexity index is 784. The number of benzene rings is 1. The SMILES string of the molecule is COc1ccc(C(=O)N2CCC(C(N)=O)C2)cc1-c1ccn(C)n1. The lowest BCUT2D eigenvalue weighted by molar-refractivity contribution is -0.121. The van der Waals surface area contributed by atoms with Crippen LogP contribution < -0.4 is 10.5 Å². The number of methoxy groups -OCH3 is 1. The molecule has 0 radical (unpaired) electrons. The predicted molar refractivity (Wildman–Crippen MR) is 88.4 cm³/mol. The molecular formula is C17H20N4O3. The molecule has 1 atom stereocenters. The van der Waals surface area contributed by atoms with Crippen molar-refractivity contribution in [2.45, 2.75) is 6.42 Å². The van der Waals surface area contributed by atoms with Gasteiger partial charge in [0.25, 0.3) is 5.91 Å². The average molecular weight is 328 g/mol. The molecule has 24 heavy (non-hydrogen) atoms. The number of nitrogens with zero attached hydrogens (tertiary/aromatic N) is 3. The van der Waals surface area contributed by atoms with Gasteiger partial charge in [-0.2, -0.15) is 5.10 Å². The summed E-state index contributed by atoms with van der Waals surface area (Å²) >= 11 is 0. The van der Waals surface area contributed by atoms with Crippen LogP contribution in [0.25, 0.3) is 11.3 Å². The summed E-state index contributed by atoms with van der Waals surface area (Å²) in [5.74, 6) is -0.0723. The number of primary amides is 1. The third-order valence-electron chi connectivity index (χ3n) is 4.31. The van der Waals surface area contributed by atoms with E-state index in [1.54, 1.807) is 34.9 Å². The van der Waals surface area contributed by atoms with E-state index in [9.17, 15) is 9.59 Å². The minimum Gasteiger partial charge on any atom is -0.496 e. The van der Waals surface area contributed by atoms with Crippen molar-refractivity contribution in [3.05, 3.63) is 36.0 Å². The highest BCUT2D eigenvalue weighted by molar-refractivity contribution is 5.96. The number of aryl methyl sites for hydroxylation is 1. The molecule has 126 valence electrons.